The maximum Gasteiger partial charge on any atom is 0.573 e. The molecule has 0 aromatic heterocycles. The number of hydrogen-bond acceptors (Lipinski definition) is 3. The van der Waals surface area contributed by atoms with Gasteiger partial charge in [-0.25, -0.2) is 0 Å². The standard InChI is InChI=1S/C15H20F3NO2/c1-3-19-14(13-7-8-20-10(13)2)11-5-4-6-12(9-11)21-15(16,17)18/h4-6,9-10,13-14,19H,3,7-8H2,1-2H3. The minimum Gasteiger partial charge on any atom is -0.406 e. The molecule has 1 fully saturated rings. The van der Waals surface area contributed by atoms with Crippen LogP contribution in [0.3, 0.4) is 0 Å². The highest BCUT2D eigenvalue weighted by atomic mass is 19.4. The summed E-state index contributed by atoms with van der Waals surface area (Å²) in [6.07, 6.45) is -3.69. The molecule has 1 saturated heterocycles. The van der Waals surface area contributed by atoms with Crippen LogP contribution in [0.5, 0.6) is 5.75 Å². The molecule has 2 rings (SSSR count). The van der Waals surface area contributed by atoms with E-state index < -0.39 is 6.36 Å². The van der Waals surface area contributed by atoms with Gasteiger partial charge in [0, 0.05) is 18.6 Å². The zero-order valence-corrected chi connectivity index (χ0v) is 12.1. The normalized spacial score (nSPS) is 24.0. The maximum atomic E-state index is 12.3. The highest BCUT2D eigenvalue weighted by molar-refractivity contribution is 5.31. The molecule has 3 nitrogen and oxygen atoms in total. The average Bonchev–Trinajstić information content (AvgIpc) is 2.80. The molecule has 0 aliphatic carbocycles. The first-order valence-corrected chi connectivity index (χ1v) is 7.11. The van der Waals surface area contributed by atoms with Gasteiger partial charge in [-0.3, -0.25) is 0 Å². The van der Waals surface area contributed by atoms with E-state index in [1.807, 2.05) is 19.9 Å². The van der Waals surface area contributed by atoms with Gasteiger partial charge in [0.05, 0.1) is 6.10 Å². The van der Waals surface area contributed by atoms with Crippen LogP contribution in [0.2, 0.25) is 0 Å². The van der Waals surface area contributed by atoms with Crippen molar-refractivity contribution in [1.82, 2.24) is 5.32 Å². The first-order chi connectivity index (χ1) is 9.90. The Morgan fingerprint density at radius 2 is 2.19 bits per heavy atom. The van der Waals surface area contributed by atoms with Crippen molar-refractivity contribution >= 4 is 0 Å². The van der Waals surface area contributed by atoms with E-state index in [0.717, 1.165) is 18.5 Å². The summed E-state index contributed by atoms with van der Waals surface area (Å²) >= 11 is 0. The van der Waals surface area contributed by atoms with E-state index in [-0.39, 0.29) is 23.8 Å². The summed E-state index contributed by atoms with van der Waals surface area (Å²) < 4.78 is 46.6. The highest BCUT2D eigenvalue weighted by Crippen LogP contribution is 2.35. The van der Waals surface area contributed by atoms with Gasteiger partial charge < -0.3 is 14.8 Å². The monoisotopic (exact) mass is 303 g/mol. The molecule has 0 amide bonds. The second-order valence-electron chi connectivity index (χ2n) is 5.18. The minimum absolute atomic E-state index is 0.0377. The summed E-state index contributed by atoms with van der Waals surface area (Å²) in [6, 6.07) is 6.13. The fourth-order valence-corrected chi connectivity index (χ4v) is 2.83. The second-order valence-corrected chi connectivity index (χ2v) is 5.18. The largest absolute Gasteiger partial charge is 0.573 e. The first kappa shape index (κ1) is 16.1. The van der Waals surface area contributed by atoms with E-state index >= 15 is 0 Å². The molecule has 0 spiro atoms. The Balaban J connectivity index is 2.21. The molecule has 1 heterocycles. The summed E-state index contributed by atoms with van der Waals surface area (Å²) in [5.74, 6) is 0.0561. The van der Waals surface area contributed by atoms with Crippen molar-refractivity contribution in [2.75, 3.05) is 13.2 Å². The Hall–Kier alpha value is -1.27. The third-order valence-electron chi connectivity index (χ3n) is 3.74. The van der Waals surface area contributed by atoms with Crippen LogP contribution < -0.4 is 10.1 Å². The van der Waals surface area contributed by atoms with Gasteiger partial charge in [0.1, 0.15) is 5.75 Å². The molecule has 3 atom stereocenters. The van der Waals surface area contributed by atoms with Gasteiger partial charge in [-0.2, -0.15) is 0 Å². The van der Waals surface area contributed by atoms with Crippen molar-refractivity contribution in [2.45, 2.75) is 38.8 Å². The zero-order valence-electron chi connectivity index (χ0n) is 12.1. The lowest BCUT2D eigenvalue weighted by Crippen LogP contribution is -2.31. The Kier molecular flexibility index (Phi) is 5.11. The molecule has 21 heavy (non-hydrogen) atoms. The summed E-state index contributed by atoms with van der Waals surface area (Å²) in [5, 5.41) is 3.34. The van der Waals surface area contributed by atoms with Crippen LogP contribution in [0, 0.1) is 5.92 Å². The molecule has 1 N–H and O–H groups in total. The smallest absolute Gasteiger partial charge is 0.406 e. The SMILES string of the molecule is CCNC(c1cccc(OC(F)(F)F)c1)C1CCOC1C. The second kappa shape index (κ2) is 6.66. The Labute approximate surface area is 122 Å². The third kappa shape index (κ3) is 4.35. The molecular formula is C15H20F3NO2. The van der Waals surface area contributed by atoms with Crippen molar-refractivity contribution in [3.05, 3.63) is 29.8 Å². The fraction of sp³-hybridized carbons (Fsp3) is 0.600. The molecule has 3 unspecified atom stereocenters. The molecule has 0 bridgehead atoms. The van der Waals surface area contributed by atoms with Crippen LogP contribution in [0.4, 0.5) is 13.2 Å². The van der Waals surface area contributed by atoms with E-state index in [2.05, 4.69) is 10.1 Å². The Morgan fingerprint density at radius 3 is 2.76 bits per heavy atom. The van der Waals surface area contributed by atoms with Gasteiger partial charge in [-0.15, -0.1) is 13.2 Å². The van der Waals surface area contributed by atoms with Crippen LogP contribution in [0.25, 0.3) is 0 Å². The Morgan fingerprint density at radius 1 is 1.43 bits per heavy atom. The van der Waals surface area contributed by atoms with Gasteiger partial charge in [0.15, 0.2) is 0 Å². The van der Waals surface area contributed by atoms with E-state index in [1.165, 1.54) is 12.1 Å². The van der Waals surface area contributed by atoms with Crippen molar-refractivity contribution < 1.29 is 22.6 Å². The van der Waals surface area contributed by atoms with Crippen molar-refractivity contribution in [3.63, 3.8) is 0 Å². The molecule has 1 aromatic carbocycles. The number of ether oxygens (including phenoxy) is 2. The molecule has 118 valence electrons. The van der Waals surface area contributed by atoms with E-state index in [9.17, 15) is 13.2 Å². The number of nitrogens with one attached hydrogen (secondary N) is 1. The van der Waals surface area contributed by atoms with Gasteiger partial charge >= 0.3 is 6.36 Å². The lowest BCUT2D eigenvalue weighted by Gasteiger charge is -2.27. The van der Waals surface area contributed by atoms with E-state index in [4.69, 9.17) is 4.74 Å². The van der Waals surface area contributed by atoms with Crippen LogP contribution in [-0.4, -0.2) is 25.6 Å². The number of rotatable bonds is 5. The van der Waals surface area contributed by atoms with Gasteiger partial charge in [0.25, 0.3) is 0 Å². The maximum absolute atomic E-state index is 12.3. The van der Waals surface area contributed by atoms with Gasteiger partial charge in [0.2, 0.25) is 0 Å². The number of alkyl halides is 3. The van der Waals surface area contributed by atoms with Crippen molar-refractivity contribution in [3.8, 4) is 5.75 Å². The summed E-state index contributed by atoms with van der Waals surface area (Å²) in [6.45, 7) is 5.40. The molecule has 0 saturated carbocycles. The lowest BCUT2D eigenvalue weighted by atomic mass is 9.88. The molecule has 1 aromatic rings. The van der Waals surface area contributed by atoms with Crippen molar-refractivity contribution in [1.29, 1.82) is 0 Å². The van der Waals surface area contributed by atoms with E-state index in [0.29, 0.717) is 6.61 Å². The summed E-state index contributed by atoms with van der Waals surface area (Å²) in [4.78, 5) is 0. The number of benzene rings is 1. The predicted octanol–water partition coefficient (Wildman–Crippen LogP) is 3.66. The highest BCUT2D eigenvalue weighted by Gasteiger charge is 2.34. The number of halogens is 3. The van der Waals surface area contributed by atoms with Gasteiger partial charge in [-0.1, -0.05) is 19.1 Å². The average molecular weight is 303 g/mol. The van der Waals surface area contributed by atoms with Crippen LogP contribution in [0.15, 0.2) is 24.3 Å². The third-order valence-corrected chi connectivity index (χ3v) is 3.74. The molecule has 1 aliphatic rings. The zero-order chi connectivity index (χ0) is 15.5. The minimum atomic E-state index is -4.67. The van der Waals surface area contributed by atoms with Gasteiger partial charge in [-0.05, 0) is 37.6 Å². The topological polar surface area (TPSA) is 30.5 Å². The van der Waals surface area contributed by atoms with Crippen LogP contribution in [-0.2, 0) is 4.74 Å². The predicted molar refractivity (Wildman–Crippen MR) is 73.1 cm³/mol. The fourth-order valence-electron chi connectivity index (χ4n) is 2.83. The molecule has 1 aliphatic heterocycles. The van der Waals surface area contributed by atoms with E-state index in [1.54, 1.807) is 6.07 Å². The number of hydrogen-bond donors (Lipinski definition) is 1. The quantitative estimate of drug-likeness (QED) is 0.900. The summed E-state index contributed by atoms with van der Waals surface area (Å²) in [5.41, 5.74) is 0.793. The lowest BCUT2D eigenvalue weighted by molar-refractivity contribution is -0.274. The molecule has 6 heteroatoms. The van der Waals surface area contributed by atoms with Crippen molar-refractivity contribution in [2.24, 2.45) is 5.92 Å². The van der Waals surface area contributed by atoms with Crippen LogP contribution in [0.1, 0.15) is 31.9 Å². The Bertz CT molecular complexity index is 464. The van der Waals surface area contributed by atoms with Crippen LogP contribution >= 0.6 is 0 Å². The summed E-state index contributed by atoms with van der Waals surface area (Å²) in [7, 11) is 0. The molecular weight excluding hydrogens is 283 g/mol. The first-order valence-electron chi connectivity index (χ1n) is 7.11. The molecule has 0 radical (unpaired) electrons.